The Hall–Kier alpha value is -1.42. The summed E-state index contributed by atoms with van der Waals surface area (Å²) in [6.45, 7) is 3.68. The van der Waals surface area contributed by atoms with Gasteiger partial charge in [-0.25, -0.2) is 0 Å². The molecule has 0 amide bonds. The van der Waals surface area contributed by atoms with Gasteiger partial charge in [0.25, 0.3) is 0 Å². The molecule has 0 saturated heterocycles. The molecule has 2 heterocycles. The molecule has 0 aliphatic carbocycles. The zero-order chi connectivity index (χ0) is 9.80. The van der Waals surface area contributed by atoms with Gasteiger partial charge in [-0.2, -0.15) is 5.10 Å². The summed E-state index contributed by atoms with van der Waals surface area (Å²) in [6.07, 6.45) is 5.37. The summed E-state index contributed by atoms with van der Waals surface area (Å²) < 4.78 is 0. The van der Waals surface area contributed by atoms with Crippen molar-refractivity contribution in [2.75, 3.05) is 5.75 Å². The topological polar surface area (TPSA) is 38.7 Å². The maximum absolute atomic E-state index is 4.28. The second kappa shape index (κ2) is 4.19. The molecule has 2 rings (SSSR count). The predicted octanol–water partition coefficient (Wildman–Crippen LogP) is 2.30. The molecule has 0 aliphatic heterocycles. The van der Waals surface area contributed by atoms with Crippen LogP contribution in [0.15, 0.2) is 42.1 Å². The Kier molecular flexibility index (Phi) is 2.74. The maximum atomic E-state index is 4.28. The molecule has 0 radical (unpaired) electrons. The van der Waals surface area contributed by atoms with E-state index >= 15 is 0 Å². The van der Waals surface area contributed by atoms with E-state index in [1.54, 1.807) is 24.2 Å². The van der Waals surface area contributed by atoms with Gasteiger partial charge < -0.3 is 0 Å². The number of pyridine rings is 1. The average molecular weight is 203 g/mol. The summed E-state index contributed by atoms with van der Waals surface area (Å²) in [5.41, 5.74) is 1.75. The van der Waals surface area contributed by atoms with Gasteiger partial charge in [0.1, 0.15) is 11.0 Å². The number of nitrogens with zero attached hydrogens (tertiary/aromatic N) is 3. The van der Waals surface area contributed by atoms with E-state index in [0.29, 0.717) is 0 Å². The zero-order valence-electron chi connectivity index (χ0n) is 7.55. The van der Waals surface area contributed by atoms with Crippen molar-refractivity contribution in [2.24, 2.45) is 0 Å². The number of hydrogen-bond donors (Lipinski definition) is 0. The van der Waals surface area contributed by atoms with Crippen LogP contribution in [0, 0.1) is 0 Å². The minimum absolute atomic E-state index is 0.835. The number of aromatic nitrogens is 3. The molecule has 2 aromatic heterocycles. The smallest absolute Gasteiger partial charge is 0.113 e. The van der Waals surface area contributed by atoms with Gasteiger partial charge in [-0.15, -0.1) is 23.4 Å². The van der Waals surface area contributed by atoms with Crippen LogP contribution in [-0.4, -0.2) is 20.9 Å². The first kappa shape index (κ1) is 9.15. The van der Waals surface area contributed by atoms with E-state index in [1.165, 1.54) is 0 Å². The predicted molar refractivity (Wildman–Crippen MR) is 58.3 cm³/mol. The van der Waals surface area contributed by atoms with E-state index in [9.17, 15) is 0 Å². The second-order valence-corrected chi connectivity index (χ2v) is 3.74. The lowest BCUT2D eigenvalue weighted by atomic mass is 10.3. The van der Waals surface area contributed by atoms with Gasteiger partial charge in [0, 0.05) is 11.9 Å². The third-order valence-electron chi connectivity index (χ3n) is 1.72. The zero-order valence-corrected chi connectivity index (χ0v) is 8.37. The monoisotopic (exact) mass is 203 g/mol. The highest BCUT2D eigenvalue weighted by atomic mass is 32.2. The van der Waals surface area contributed by atoms with Crippen LogP contribution in [0.25, 0.3) is 11.0 Å². The fraction of sp³-hybridized carbons (Fsp3) is 0.100. The van der Waals surface area contributed by atoms with Crippen molar-refractivity contribution in [3.05, 3.63) is 37.2 Å². The Bertz CT molecular complexity index is 451. The number of fused-ring (bicyclic) bond motifs is 1. The van der Waals surface area contributed by atoms with Gasteiger partial charge in [-0.05, 0) is 12.1 Å². The van der Waals surface area contributed by atoms with E-state index in [4.69, 9.17) is 0 Å². The van der Waals surface area contributed by atoms with Gasteiger partial charge in [0.15, 0.2) is 0 Å². The van der Waals surface area contributed by atoms with Gasteiger partial charge in [0.2, 0.25) is 0 Å². The Labute approximate surface area is 86.3 Å². The molecule has 0 saturated carbocycles. The molecule has 0 N–H and O–H groups in total. The van der Waals surface area contributed by atoms with E-state index in [-0.39, 0.29) is 0 Å². The standard InChI is InChI=1S/C10H9N3S/c1-2-6-14-9-7-12-13-8-4-3-5-11-10(8)9/h2-5,7H,1,6H2. The molecule has 0 bridgehead atoms. The fourth-order valence-electron chi connectivity index (χ4n) is 1.13. The van der Waals surface area contributed by atoms with E-state index in [1.807, 2.05) is 18.2 Å². The van der Waals surface area contributed by atoms with Gasteiger partial charge >= 0.3 is 0 Å². The minimum atomic E-state index is 0.835. The number of hydrogen-bond acceptors (Lipinski definition) is 4. The summed E-state index contributed by atoms with van der Waals surface area (Å²) in [5.74, 6) is 0.858. The Morgan fingerprint density at radius 2 is 2.43 bits per heavy atom. The Balaban J connectivity index is 2.48. The van der Waals surface area contributed by atoms with Gasteiger partial charge in [0.05, 0.1) is 11.1 Å². The summed E-state index contributed by atoms with van der Waals surface area (Å²) in [4.78, 5) is 5.33. The highest BCUT2D eigenvalue weighted by molar-refractivity contribution is 7.99. The molecule has 14 heavy (non-hydrogen) atoms. The van der Waals surface area contributed by atoms with Gasteiger partial charge in [-0.1, -0.05) is 6.08 Å². The summed E-state index contributed by atoms with van der Waals surface area (Å²) in [5, 5.41) is 7.92. The molecule has 0 aromatic carbocycles. The average Bonchev–Trinajstić information content (AvgIpc) is 2.26. The highest BCUT2D eigenvalue weighted by Gasteiger charge is 2.02. The van der Waals surface area contributed by atoms with E-state index in [2.05, 4.69) is 21.8 Å². The van der Waals surface area contributed by atoms with Crippen molar-refractivity contribution in [1.82, 2.24) is 15.2 Å². The van der Waals surface area contributed by atoms with Crippen LogP contribution in [0.2, 0.25) is 0 Å². The lowest BCUT2D eigenvalue weighted by molar-refractivity contribution is 1.04. The lowest BCUT2D eigenvalue weighted by Crippen LogP contribution is -1.88. The molecule has 3 nitrogen and oxygen atoms in total. The Morgan fingerprint density at radius 3 is 3.29 bits per heavy atom. The summed E-state index contributed by atoms with van der Waals surface area (Å²) in [7, 11) is 0. The second-order valence-electron chi connectivity index (χ2n) is 2.68. The quantitative estimate of drug-likeness (QED) is 0.566. The number of rotatable bonds is 3. The largest absolute Gasteiger partial charge is 0.253 e. The molecule has 0 unspecified atom stereocenters. The van der Waals surface area contributed by atoms with Crippen molar-refractivity contribution < 1.29 is 0 Å². The first-order valence-electron chi connectivity index (χ1n) is 4.22. The van der Waals surface area contributed by atoms with Crippen LogP contribution in [-0.2, 0) is 0 Å². The van der Waals surface area contributed by atoms with Crippen molar-refractivity contribution >= 4 is 22.8 Å². The first-order chi connectivity index (χ1) is 6.92. The number of thioether (sulfide) groups is 1. The van der Waals surface area contributed by atoms with Crippen LogP contribution in [0.3, 0.4) is 0 Å². The molecular weight excluding hydrogens is 194 g/mol. The fourth-order valence-corrected chi connectivity index (χ4v) is 1.84. The molecule has 0 atom stereocenters. The third kappa shape index (κ3) is 1.75. The molecule has 0 fully saturated rings. The first-order valence-corrected chi connectivity index (χ1v) is 5.20. The molecule has 70 valence electrons. The summed E-state index contributed by atoms with van der Waals surface area (Å²) in [6, 6.07) is 3.77. The molecule has 2 aromatic rings. The van der Waals surface area contributed by atoms with Crippen LogP contribution >= 0.6 is 11.8 Å². The van der Waals surface area contributed by atoms with Crippen LogP contribution < -0.4 is 0 Å². The van der Waals surface area contributed by atoms with E-state index in [0.717, 1.165) is 21.7 Å². The Morgan fingerprint density at radius 1 is 1.50 bits per heavy atom. The minimum Gasteiger partial charge on any atom is -0.253 e. The van der Waals surface area contributed by atoms with Crippen molar-refractivity contribution in [1.29, 1.82) is 0 Å². The van der Waals surface area contributed by atoms with E-state index < -0.39 is 0 Å². The molecule has 0 aliphatic rings. The van der Waals surface area contributed by atoms with Crippen LogP contribution in [0.4, 0.5) is 0 Å². The molecule has 0 spiro atoms. The lowest BCUT2D eigenvalue weighted by Gasteiger charge is -2.00. The summed E-state index contributed by atoms with van der Waals surface area (Å²) >= 11 is 1.67. The van der Waals surface area contributed by atoms with Crippen LogP contribution in [0.1, 0.15) is 0 Å². The highest BCUT2D eigenvalue weighted by Crippen LogP contribution is 2.23. The maximum Gasteiger partial charge on any atom is 0.113 e. The third-order valence-corrected chi connectivity index (χ3v) is 2.73. The van der Waals surface area contributed by atoms with Crippen LogP contribution in [0.5, 0.6) is 0 Å². The van der Waals surface area contributed by atoms with Crippen molar-refractivity contribution in [3.63, 3.8) is 0 Å². The normalized spacial score (nSPS) is 10.3. The molecular formula is C10H9N3S. The molecule has 4 heteroatoms. The van der Waals surface area contributed by atoms with Crippen molar-refractivity contribution in [3.8, 4) is 0 Å². The SMILES string of the molecule is C=CCSc1cnnc2cccnc12. The van der Waals surface area contributed by atoms with Crippen molar-refractivity contribution in [2.45, 2.75) is 4.90 Å². The van der Waals surface area contributed by atoms with Gasteiger partial charge in [-0.3, -0.25) is 4.98 Å².